The topological polar surface area (TPSA) is 89.4 Å². The van der Waals surface area contributed by atoms with Gasteiger partial charge in [-0.1, -0.05) is 12.6 Å². The van der Waals surface area contributed by atoms with Gasteiger partial charge < -0.3 is 15.0 Å². The average Bonchev–Trinajstić information content (AvgIpc) is 3.83. The molecule has 0 radical (unpaired) electrons. The van der Waals surface area contributed by atoms with Crippen LogP contribution in [0.15, 0.2) is 72.9 Å². The van der Waals surface area contributed by atoms with E-state index in [9.17, 15) is 14.0 Å². The number of carbonyl (C=O) groups is 2. The molecule has 44 heavy (non-hydrogen) atoms. The molecule has 2 amide bonds. The number of fused-ring (bicyclic) bond motifs is 2. The number of likely N-dealkylation sites (tertiary alicyclic amines) is 1. The number of aromatic nitrogens is 3. The summed E-state index contributed by atoms with van der Waals surface area (Å²) < 4.78 is 23.6. The molecule has 3 aromatic heterocycles. The maximum atomic E-state index is 14.5. The van der Waals surface area contributed by atoms with Gasteiger partial charge in [0.05, 0.1) is 29.7 Å². The molecule has 1 N–H and O–H groups in total. The molecule has 0 bridgehead atoms. The van der Waals surface area contributed by atoms with Gasteiger partial charge in [-0.2, -0.15) is 5.10 Å². The fraction of sp³-hybridized carbons (Fsp3) is 0.235. The minimum atomic E-state index is -0.382. The Morgan fingerprint density at radius 2 is 2.00 bits per heavy atom. The molecule has 5 heterocycles. The molecule has 1 atom stereocenters. The lowest BCUT2D eigenvalue weighted by Crippen LogP contribution is -2.27. The normalized spacial score (nSPS) is 16.0. The van der Waals surface area contributed by atoms with Crippen LogP contribution in [-0.4, -0.2) is 50.7 Å². The Hall–Kier alpha value is -4.83. The molecule has 0 unspecified atom stereocenters. The van der Waals surface area contributed by atoms with Crippen molar-refractivity contribution in [2.75, 3.05) is 13.1 Å². The lowest BCUT2D eigenvalue weighted by atomic mass is 9.95. The fourth-order valence-electron chi connectivity index (χ4n) is 6.08. The zero-order chi connectivity index (χ0) is 30.5. The zero-order valence-corrected chi connectivity index (χ0v) is 25.2. The lowest BCUT2D eigenvalue weighted by Gasteiger charge is -2.18. The second-order valence-electron chi connectivity index (χ2n) is 11.3. The van der Waals surface area contributed by atoms with Crippen LogP contribution in [0.2, 0.25) is 0 Å². The number of rotatable bonds is 7. The largest absolute Gasteiger partial charge is 0.490 e. The van der Waals surface area contributed by atoms with E-state index in [0.717, 1.165) is 50.0 Å². The number of hydrogen-bond acceptors (Lipinski definition) is 6. The number of amides is 2. The lowest BCUT2D eigenvalue weighted by molar-refractivity contribution is -0.125. The van der Waals surface area contributed by atoms with Gasteiger partial charge in [0.25, 0.3) is 5.91 Å². The van der Waals surface area contributed by atoms with Gasteiger partial charge in [0.15, 0.2) is 0 Å². The summed E-state index contributed by atoms with van der Waals surface area (Å²) in [7, 11) is 0. The van der Waals surface area contributed by atoms with Crippen LogP contribution in [0.25, 0.3) is 43.7 Å². The predicted molar refractivity (Wildman–Crippen MR) is 169 cm³/mol. The number of thiophene rings is 1. The van der Waals surface area contributed by atoms with Crippen molar-refractivity contribution in [3.05, 3.63) is 89.8 Å². The molecule has 8 nitrogen and oxygen atoms in total. The Morgan fingerprint density at radius 3 is 2.82 bits per heavy atom. The Balaban J connectivity index is 1.42. The Labute approximate surface area is 257 Å². The molecular weight excluding hydrogens is 577 g/mol. The van der Waals surface area contributed by atoms with Crippen molar-refractivity contribution in [1.82, 2.24) is 25.0 Å². The van der Waals surface area contributed by atoms with Gasteiger partial charge in [0, 0.05) is 69.8 Å². The van der Waals surface area contributed by atoms with E-state index in [1.165, 1.54) is 18.2 Å². The summed E-state index contributed by atoms with van der Waals surface area (Å²) in [4.78, 5) is 31.5. The van der Waals surface area contributed by atoms with Crippen molar-refractivity contribution in [1.29, 1.82) is 0 Å². The van der Waals surface area contributed by atoms with Gasteiger partial charge in [-0.3, -0.25) is 14.3 Å². The standard InChI is InChI=1S/C34H30FN5O3S/c1-4-29(41)39-11-9-24(18-39)40-17-22(16-37-40)32-30(26-8-6-23(35)14-28(26)43-19(2)3)33-27(10-12-44-33)31(38-32)20-5-7-25-21(13-20)15-36-34(25)42/h4-8,10,12-14,16-17,19,24H,1,9,11,15,18H2,2-3H3,(H,36,42)/t24-/m0/s1. The van der Waals surface area contributed by atoms with Crippen LogP contribution in [-0.2, 0) is 11.3 Å². The van der Waals surface area contributed by atoms with Gasteiger partial charge in [-0.05, 0) is 67.6 Å². The summed E-state index contributed by atoms with van der Waals surface area (Å²) in [6, 6.07) is 12.5. The molecule has 0 spiro atoms. The van der Waals surface area contributed by atoms with E-state index in [1.54, 1.807) is 28.5 Å². The number of benzene rings is 2. The summed E-state index contributed by atoms with van der Waals surface area (Å²) in [5, 5.41) is 10.6. The van der Waals surface area contributed by atoms with Crippen LogP contribution < -0.4 is 10.1 Å². The molecule has 2 aliphatic rings. The SMILES string of the molecule is C=CC(=O)N1CC[C@H](n2cc(-c3nc(-c4ccc5c(c4)CNC5=O)c4ccsc4c3-c3ccc(F)cc3OC(C)C)cn2)C1. The summed E-state index contributed by atoms with van der Waals surface area (Å²) in [5.41, 5.74) is 6.35. The quantitative estimate of drug-likeness (QED) is 0.210. The van der Waals surface area contributed by atoms with Crippen molar-refractivity contribution in [3.63, 3.8) is 0 Å². The number of nitrogens with one attached hydrogen (secondary N) is 1. The molecule has 2 aliphatic heterocycles. The summed E-state index contributed by atoms with van der Waals surface area (Å²) in [5.74, 6) is -0.101. The molecule has 5 aromatic rings. The molecule has 10 heteroatoms. The van der Waals surface area contributed by atoms with Crippen molar-refractivity contribution in [2.45, 2.75) is 39.0 Å². The smallest absolute Gasteiger partial charge is 0.251 e. The van der Waals surface area contributed by atoms with Crippen LogP contribution in [0.3, 0.4) is 0 Å². The van der Waals surface area contributed by atoms with Gasteiger partial charge >= 0.3 is 0 Å². The molecule has 0 aliphatic carbocycles. The number of carbonyl (C=O) groups excluding carboxylic acids is 2. The highest BCUT2D eigenvalue weighted by molar-refractivity contribution is 7.18. The van der Waals surface area contributed by atoms with Crippen molar-refractivity contribution in [3.8, 4) is 39.4 Å². The van der Waals surface area contributed by atoms with E-state index < -0.39 is 0 Å². The highest BCUT2D eigenvalue weighted by Crippen LogP contribution is 2.46. The Bertz CT molecular complexity index is 1960. The van der Waals surface area contributed by atoms with E-state index in [1.807, 2.05) is 54.4 Å². The number of nitrogens with zero attached hydrogens (tertiary/aromatic N) is 4. The average molecular weight is 608 g/mol. The molecule has 0 saturated carbocycles. The van der Waals surface area contributed by atoms with Crippen LogP contribution >= 0.6 is 11.3 Å². The fourth-order valence-corrected chi connectivity index (χ4v) is 7.04. The first-order valence-electron chi connectivity index (χ1n) is 14.6. The van der Waals surface area contributed by atoms with Gasteiger partial charge in [0.1, 0.15) is 11.6 Å². The molecule has 7 rings (SSSR count). The maximum Gasteiger partial charge on any atom is 0.251 e. The Kier molecular flexibility index (Phi) is 7.01. The highest BCUT2D eigenvalue weighted by atomic mass is 32.1. The third-order valence-electron chi connectivity index (χ3n) is 8.14. The first kappa shape index (κ1) is 28.0. The second kappa shape index (κ2) is 11.0. The van der Waals surface area contributed by atoms with Gasteiger partial charge in [-0.25, -0.2) is 9.37 Å². The van der Waals surface area contributed by atoms with E-state index in [4.69, 9.17) is 14.8 Å². The van der Waals surface area contributed by atoms with Crippen LogP contribution in [0, 0.1) is 5.82 Å². The molecule has 1 saturated heterocycles. The Morgan fingerprint density at radius 1 is 1.16 bits per heavy atom. The van der Waals surface area contributed by atoms with Crippen LogP contribution in [0.4, 0.5) is 4.39 Å². The highest BCUT2D eigenvalue weighted by Gasteiger charge is 2.29. The van der Waals surface area contributed by atoms with E-state index in [2.05, 4.69) is 11.9 Å². The number of halogens is 1. The van der Waals surface area contributed by atoms with E-state index >= 15 is 0 Å². The summed E-state index contributed by atoms with van der Waals surface area (Å²) in [6.45, 7) is 9.11. The molecule has 1 fully saturated rings. The van der Waals surface area contributed by atoms with Gasteiger partial charge in [0.2, 0.25) is 5.91 Å². The minimum Gasteiger partial charge on any atom is -0.490 e. The summed E-state index contributed by atoms with van der Waals surface area (Å²) >= 11 is 1.59. The molecular formula is C34H30FN5O3S. The van der Waals surface area contributed by atoms with Crippen molar-refractivity contribution >= 4 is 33.2 Å². The monoisotopic (exact) mass is 607 g/mol. The number of ether oxygens (including phenoxy) is 1. The maximum absolute atomic E-state index is 14.5. The van der Waals surface area contributed by atoms with Crippen LogP contribution in [0.1, 0.15) is 42.2 Å². The second-order valence-corrected chi connectivity index (χ2v) is 12.3. The zero-order valence-electron chi connectivity index (χ0n) is 24.3. The van der Waals surface area contributed by atoms with Gasteiger partial charge in [-0.15, -0.1) is 11.3 Å². The van der Waals surface area contributed by atoms with Crippen molar-refractivity contribution in [2.24, 2.45) is 0 Å². The molecule has 222 valence electrons. The first-order chi connectivity index (χ1) is 21.3. The minimum absolute atomic E-state index is 0.0217. The third-order valence-corrected chi connectivity index (χ3v) is 9.08. The third kappa shape index (κ3) is 4.85. The van der Waals surface area contributed by atoms with Crippen LogP contribution in [0.5, 0.6) is 5.75 Å². The summed E-state index contributed by atoms with van der Waals surface area (Å²) in [6.07, 6.45) is 5.72. The number of pyridine rings is 1. The molecule has 2 aromatic carbocycles. The van der Waals surface area contributed by atoms with E-state index in [0.29, 0.717) is 36.6 Å². The number of hydrogen-bond donors (Lipinski definition) is 1. The first-order valence-corrected chi connectivity index (χ1v) is 15.4. The van der Waals surface area contributed by atoms with E-state index in [-0.39, 0.29) is 29.8 Å². The predicted octanol–water partition coefficient (Wildman–Crippen LogP) is 6.62. The van der Waals surface area contributed by atoms with Crippen molar-refractivity contribution < 1.29 is 18.7 Å².